The summed E-state index contributed by atoms with van der Waals surface area (Å²) in [5.41, 5.74) is 2.71. The van der Waals surface area contributed by atoms with Crippen molar-refractivity contribution >= 4 is 22.6 Å². The third kappa shape index (κ3) is 2.16. The second-order valence-corrected chi connectivity index (χ2v) is 4.83. The first kappa shape index (κ1) is 12.4. The zero-order chi connectivity index (χ0) is 14.1. The standard InChI is InChI=1S/C16H15N3O/c1-11-6-7-12-10-14(18-13(12)9-11)16(20)19(2)15-5-3-4-8-17-15/h3-10,18H,1-2H3. The Morgan fingerprint density at radius 1 is 1.20 bits per heavy atom. The molecule has 2 heterocycles. The van der Waals surface area contributed by atoms with Gasteiger partial charge in [-0.15, -0.1) is 0 Å². The molecule has 4 nitrogen and oxygen atoms in total. The van der Waals surface area contributed by atoms with Gasteiger partial charge in [-0.3, -0.25) is 9.69 Å². The van der Waals surface area contributed by atoms with Crippen LogP contribution < -0.4 is 4.90 Å². The molecule has 100 valence electrons. The van der Waals surface area contributed by atoms with Crippen LogP contribution >= 0.6 is 0 Å². The van der Waals surface area contributed by atoms with Gasteiger partial charge in [0.2, 0.25) is 0 Å². The molecular formula is C16H15N3O. The zero-order valence-electron chi connectivity index (χ0n) is 11.4. The summed E-state index contributed by atoms with van der Waals surface area (Å²) in [7, 11) is 1.72. The van der Waals surface area contributed by atoms with Gasteiger partial charge in [0, 0.05) is 24.1 Å². The van der Waals surface area contributed by atoms with Gasteiger partial charge < -0.3 is 4.98 Å². The molecule has 1 N–H and O–H groups in total. The van der Waals surface area contributed by atoms with Crippen molar-refractivity contribution in [2.24, 2.45) is 0 Å². The van der Waals surface area contributed by atoms with Gasteiger partial charge in [0.1, 0.15) is 11.5 Å². The summed E-state index contributed by atoms with van der Waals surface area (Å²) in [6.07, 6.45) is 1.67. The fraction of sp³-hybridized carbons (Fsp3) is 0.125. The average Bonchev–Trinajstić information content (AvgIpc) is 2.89. The Kier molecular flexibility index (Phi) is 2.99. The Bertz CT molecular complexity index is 762. The van der Waals surface area contributed by atoms with Crippen LogP contribution in [0.4, 0.5) is 5.82 Å². The molecule has 0 atom stereocenters. The van der Waals surface area contributed by atoms with E-state index in [9.17, 15) is 4.79 Å². The van der Waals surface area contributed by atoms with Crippen LogP contribution in [0.5, 0.6) is 0 Å². The monoisotopic (exact) mass is 265 g/mol. The van der Waals surface area contributed by atoms with Gasteiger partial charge in [-0.1, -0.05) is 18.2 Å². The number of rotatable bonds is 2. The van der Waals surface area contributed by atoms with Crippen LogP contribution in [0.15, 0.2) is 48.7 Å². The van der Waals surface area contributed by atoms with E-state index in [1.165, 1.54) is 4.90 Å². The van der Waals surface area contributed by atoms with Gasteiger partial charge in [0.15, 0.2) is 0 Å². The first-order valence-corrected chi connectivity index (χ1v) is 6.43. The normalized spacial score (nSPS) is 10.7. The molecule has 0 fully saturated rings. The fourth-order valence-electron chi connectivity index (χ4n) is 2.19. The number of hydrogen-bond acceptors (Lipinski definition) is 2. The molecule has 20 heavy (non-hydrogen) atoms. The van der Waals surface area contributed by atoms with Crippen molar-refractivity contribution in [3.05, 3.63) is 59.9 Å². The minimum Gasteiger partial charge on any atom is -0.351 e. The number of anilines is 1. The highest BCUT2D eigenvalue weighted by molar-refractivity contribution is 6.06. The van der Waals surface area contributed by atoms with E-state index >= 15 is 0 Å². The van der Waals surface area contributed by atoms with Gasteiger partial charge >= 0.3 is 0 Å². The van der Waals surface area contributed by atoms with Crippen molar-refractivity contribution in [1.29, 1.82) is 0 Å². The van der Waals surface area contributed by atoms with Gasteiger partial charge in [-0.05, 0) is 36.8 Å². The lowest BCUT2D eigenvalue weighted by atomic mass is 10.2. The Morgan fingerprint density at radius 3 is 2.80 bits per heavy atom. The second-order valence-electron chi connectivity index (χ2n) is 4.83. The van der Waals surface area contributed by atoms with E-state index in [0.717, 1.165) is 16.5 Å². The molecule has 1 amide bonds. The number of aromatic nitrogens is 2. The van der Waals surface area contributed by atoms with E-state index in [2.05, 4.69) is 9.97 Å². The van der Waals surface area contributed by atoms with Crippen LogP contribution in [0.1, 0.15) is 16.1 Å². The maximum absolute atomic E-state index is 12.5. The van der Waals surface area contributed by atoms with E-state index in [-0.39, 0.29) is 5.91 Å². The van der Waals surface area contributed by atoms with Crippen molar-refractivity contribution in [1.82, 2.24) is 9.97 Å². The lowest BCUT2D eigenvalue weighted by Gasteiger charge is -2.14. The largest absolute Gasteiger partial charge is 0.351 e. The van der Waals surface area contributed by atoms with Crippen LogP contribution in [-0.2, 0) is 0 Å². The summed E-state index contributed by atoms with van der Waals surface area (Å²) >= 11 is 0. The molecule has 0 saturated carbocycles. The van der Waals surface area contributed by atoms with Crippen molar-refractivity contribution < 1.29 is 4.79 Å². The Hall–Kier alpha value is -2.62. The average molecular weight is 265 g/mol. The Labute approximate surface area is 117 Å². The van der Waals surface area contributed by atoms with E-state index in [4.69, 9.17) is 0 Å². The predicted molar refractivity (Wildman–Crippen MR) is 80.0 cm³/mol. The van der Waals surface area contributed by atoms with E-state index < -0.39 is 0 Å². The SMILES string of the molecule is Cc1ccc2cc(C(=O)N(C)c3ccccn3)[nH]c2c1. The maximum Gasteiger partial charge on any atom is 0.275 e. The molecule has 3 rings (SSSR count). The van der Waals surface area contributed by atoms with Crippen molar-refractivity contribution in [3.8, 4) is 0 Å². The number of aromatic amines is 1. The summed E-state index contributed by atoms with van der Waals surface area (Å²) in [4.78, 5) is 21.3. The van der Waals surface area contributed by atoms with E-state index in [1.807, 2.05) is 49.4 Å². The minimum absolute atomic E-state index is 0.0995. The maximum atomic E-state index is 12.5. The van der Waals surface area contributed by atoms with Gasteiger partial charge in [-0.2, -0.15) is 0 Å². The summed E-state index contributed by atoms with van der Waals surface area (Å²) in [6.45, 7) is 2.03. The van der Waals surface area contributed by atoms with Crippen molar-refractivity contribution in [2.45, 2.75) is 6.92 Å². The number of nitrogens with zero attached hydrogens (tertiary/aromatic N) is 2. The fourth-order valence-corrected chi connectivity index (χ4v) is 2.19. The zero-order valence-corrected chi connectivity index (χ0v) is 11.4. The molecule has 3 aromatic rings. The van der Waals surface area contributed by atoms with Crippen LogP contribution in [-0.4, -0.2) is 22.9 Å². The number of fused-ring (bicyclic) bond motifs is 1. The topological polar surface area (TPSA) is 49.0 Å². The number of carbonyl (C=O) groups is 1. The highest BCUT2D eigenvalue weighted by atomic mass is 16.2. The summed E-state index contributed by atoms with van der Waals surface area (Å²) in [5, 5.41) is 1.04. The highest BCUT2D eigenvalue weighted by Crippen LogP contribution is 2.19. The van der Waals surface area contributed by atoms with Crippen molar-refractivity contribution in [2.75, 3.05) is 11.9 Å². The lowest BCUT2D eigenvalue weighted by molar-refractivity contribution is 0.0988. The quantitative estimate of drug-likeness (QED) is 0.773. The van der Waals surface area contributed by atoms with Crippen LogP contribution in [0.25, 0.3) is 10.9 Å². The van der Waals surface area contributed by atoms with Crippen LogP contribution in [0.3, 0.4) is 0 Å². The highest BCUT2D eigenvalue weighted by Gasteiger charge is 2.16. The number of carbonyl (C=O) groups excluding carboxylic acids is 1. The lowest BCUT2D eigenvalue weighted by Crippen LogP contribution is -2.27. The Morgan fingerprint density at radius 2 is 2.05 bits per heavy atom. The molecule has 0 radical (unpaired) electrons. The molecule has 0 aliphatic rings. The number of benzene rings is 1. The molecule has 0 saturated heterocycles. The molecular weight excluding hydrogens is 250 g/mol. The van der Waals surface area contributed by atoms with Crippen LogP contribution in [0, 0.1) is 6.92 Å². The molecule has 0 aliphatic carbocycles. The number of H-pyrrole nitrogens is 1. The Balaban J connectivity index is 1.96. The smallest absolute Gasteiger partial charge is 0.275 e. The molecule has 0 spiro atoms. The molecule has 4 heteroatoms. The first-order valence-electron chi connectivity index (χ1n) is 6.43. The van der Waals surface area contributed by atoms with Crippen molar-refractivity contribution in [3.63, 3.8) is 0 Å². The second kappa shape index (κ2) is 4.81. The third-order valence-electron chi connectivity index (χ3n) is 3.31. The van der Waals surface area contributed by atoms with Gasteiger partial charge in [0.05, 0.1) is 0 Å². The van der Waals surface area contributed by atoms with Gasteiger partial charge in [0.25, 0.3) is 5.91 Å². The number of hydrogen-bond donors (Lipinski definition) is 1. The van der Waals surface area contributed by atoms with E-state index in [0.29, 0.717) is 11.5 Å². The van der Waals surface area contributed by atoms with Crippen LogP contribution in [0.2, 0.25) is 0 Å². The first-order chi connectivity index (χ1) is 9.65. The molecule has 0 aliphatic heterocycles. The number of aryl methyl sites for hydroxylation is 1. The van der Waals surface area contributed by atoms with E-state index in [1.54, 1.807) is 13.2 Å². The van der Waals surface area contributed by atoms with Gasteiger partial charge in [-0.25, -0.2) is 4.98 Å². The number of nitrogens with one attached hydrogen (secondary N) is 1. The minimum atomic E-state index is -0.0995. The summed E-state index contributed by atoms with van der Waals surface area (Å²) < 4.78 is 0. The number of pyridine rings is 1. The molecule has 0 unspecified atom stereocenters. The predicted octanol–water partition coefficient (Wildman–Crippen LogP) is 3.15. The third-order valence-corrected chi connectivity index (χ3v) is 3.31. The molecule has 1 aromatic carbocycles. The summed E-state index contributed by atoms with van der Waals surface area (Å²) in [6, 6.07) is 13.5. The molecule has 2 aromatic heterocycles. The molecule has 0 bridgehead atoms. The summed E-state index contributed by atoms with van der Waals surface area (Å²) in [5.74, 6) is 0.532. The number of amides is 1.